The number of nitro benzene ring substituents is 1. The molecule has 0 aliphatic carbocycles. The lowest BCUT2D eigenvalue weighted by molar-refractivity contribution is -0.383. The largest absolute Gasteiger partial charge is 0.478 e. The Morgan fingerprint density at radius 2 is 1.87 bits per heavy atom. The second-order valence-electron chi connectivity index (χ2n) is 4.63. The van der Waals surface area contributed by atoms with E-state index in [-0.39, 0.29) is 22.8 Å². The molecule has 0 aliphatic rings. The molecule has 0 radical (unpaired) electrons. The number of benzene rings is 2. The Hall–Kier alpha value is -3.55. The summed E-state index contributed by atoms with van der Waals surface area (Å²) in [5.41, 5.74) is 0.565. The molecule has 0 fully saturated rings. The second-order valence-corrected chi connectivity index (χ2v) is 4.63. The van der Waals surface area contributed by atoms with Gasteiger partial charge in [0, 0.05) is 6.07 Å². The molecule has 0 unspecified atom stereocenters. The summed E-state index contributed by atoms with van der Waals surface area (Å²) in [5, 5.41) is 23.1. The first-order valence-corrected chi connectivity index (χ1v) is 6.56. The van der Waals surface area contributed by atoms with Crippen molar-refractivity contribution in [3.63, 3.8) is 0 Å². The van der Waals surface area contributed by atoms with Gasteiger partial charge in [0.15, 0.2) is 0 Å². The van der Waals surface area contributed by atoms with Crippen LogP contribution in [0.3, 0.4) is 0 Å². The minimum atomic E-state index is -1.27. The average molecular weight is 310 g/mol. The summed E-state index contributed by atoms with van der Waals surface area (Å²) in [6.45, 7) is 0. The second kappa shape index (κ2) is 5.68. The summed E-state index contributed by atoms with van der Waals surface area (Å²) in [7, 11) is 0. The summed E-state index contributed by atoms with van der Waals surface area (Å²) in [6.07, 6.45) is 1.39. The van der Waals surface area contributed by atoms with Gasteiger partial charge in [-0.2, -0.15) is 0 Å². The van der Waals surface area contributed by atoms with E-state index >= 15 is 0 Å². The fraction of sp³-hybridized carbons (Fsp3) is 0. The van der Waals surface area contributed by atoms with Crippen molar-refractivity contribution in [1.82, 2.24) is 9.97 Å². The molecule has 0 saturated carbocycles. The first-order chi connectivity index (χ1) is 11.1. The number of carboxylic acid groups (broad SMARTS) is 1. The molecule has 23 heavy (non-hydrogen) atoms. The van der Waals surface area contributed by atoms with E-state index in [0.717, 1.165) is 0 Å². The zero-order valence-corrected chi connectivity index (χ0v) is 11.6. The number of nitro groups is 1. The van der Waals surface area contributed by atoms with Crippen molar-refractivity contribution in [1.29, 1.82) is 0 Å². The molecule has 2 aromatic carbocycles. The van der Waals surface area contributed by atoms with Crippen LogP contribution in [0.15, 0.2) is 48.7 Å². The average Bonchev–Trinajstić information content (AvgIpc) is 2.54. The summed E-state index contributed by atoms with van der Waals surface area (Å²) in [5.74, 6) is -1.05. The molecule has 8 nitrogen and oxygen atoms in total. The summed E-state index contributed by atoms with van der Waals surface area (Å²) in [4.78, 5) is 30.3. The fourth-order valence-electron chi connectivity index (χ4n) is 2.15. The highest BCUT2D eigenvalue weighted by Crippen LogP contribution is 2.31. The highest BCUT2D eigenvalue weighted by molar-refractivity contribution is 5.98. The third kappa shape index (κ3) is 2.77. The van der Waals surface area contributed by atoms with Crippen LogP contribution in [-0.4, -0.2) is 26.0 Å². The number of nitrogens with one attached hydrogen (secondary N) is 1. The van der Waals surface area contributed by atoms with Crippen LogP contribution in [0.1, 0.15) is 10.4 Å². The van der Waals surface area contributed by atoms with Crippen LogP contribution in [0.25, 0.3) is 11.0 Å². The number of carboxylic acids is 1. The minimum absolute atomic E-state index is 0.130. The lowest BCUT2D eigenvalue weighted by Crippen LogP contribution is -2.07. The highest BCUT2D eigenvalue weighted by Gasteiger charge is 2.21. The predicted octanol–water partition coefficient (Wildman–Crippen LogP) is 2.98. The number of para-hydroxylation sites is 3. The molecule has 8 heteroatoms. The van der Waals surface area contributed by atoms with Gasteiger partial charge in [0.05, 0.1) is 27.7 Å². The van der Waals surface area contributed by atoms with Crippen LogP contribution in [0.4, 0.5) is 17.2 Å². The number of carbonyl (C=O) groups is 1. The zero-order chi connectivity index (χ0) is 16.4. The van der Waals surface area contributed by atoms with Crippen LogP contribution in [0, 0.1) is 10.1 Å². The maximum atomic E-state index is 11.3. The van der Waals surface area contributed by atoms with Gasteiger partial charge in [-0.3, -0.25) is 15.1 Å². The van der Waals surface area contributed by atoms with Crippen molar-refractivity contribution in [2.75, 3.05) is 5.32 Å². The Labute approximate surface area is 129 Å². The van der Waals surface area contributed by atoms with Gasteiger partial charge >= 0.3 is 5.97 Å². The summed E-state index contributed by atoms with van der Waals surface area (Å²) >= 11 is 0. The lowest BCUT2D eigenvalue weighted by atomic mass is 10.1. The number of aromatic nitrogens is 2. The molecule has 3 aromatic rings. The smallest absolute Gasteiger partial charge is 0.338 e. The van der Waals surface area contributed by atoms with E-state index in [1.54, 1.807) is 18.2 Å². The first-order valence-electron chi connectivity index (χ1n) is 6.56. The number of hydrogen-bond acceptors (Lipinski definition) is 6. The number of nitrogens with zero attached hydrogens (tertiary/aromatic N) is 3. The molecule has 0 saturated heterocycles. The highest BCUT2D eigenvalue weighted by atomic mass is 16.6. The molecular formula is C15H10N4O4. The SMILES string of the molecule is O=C(O)c1cccc([N+](=O)[O-])c1Nc1cnc2ccccc2n1. The summed E-state index contributed by atoms with van der Waals surface area (Å²) in [6, 6.07) is 10.9. The Balaban J connectivity index is 2.10. The summed E-state index contributed by atoms with van der Waals surface area (Å²) < 4.78 is 0. The van der Waals surface area contributed by atoms with E-state index in [4.69, 9.17) is 0 Å². The molecule has 0 atom stereocenters. The van der Waals surface area contributed by atoms with Gasteiger partial charge in [-0.1, -0.05) is 18.2 Å². The van der Waals surface area contributed by atoms with Crippen LogP contribution >= 0.6 is 0 Å². The van der Waals surface area contributed by atoms with E-state index in [1.165, 1.54) is 24.4 Å². The molecule has 114 valence electrons. The van der Waals surface area contributed by atoms with Gasteiger partial charge < -0.3 is 10.4 Å². The van der Waals surface area contributed by atoms with Crippen LogP contribution in [0.2, 0.25) is 0 Å². The van der Waals surface area contributed by atoms with Gasteiger partial charge in [0.25, 0.3) is 5.69 Å². The van der Waals surface area contributed by atoms with E-state index < -0.39 is 10.9 Å². The molecule has 0 amide bonds. The first kappa shape index (κ1) is 14.4. The molecule has 1 heterocycles. The number of fused-ring (bicyclic) bond motifs is 1. The molecule has 0 bridgehead atoms. The van der Waals surface area contributed by atoms with Crippen molar-refractivity contribution in [3.8, 4) is 0 Å². The number of hydrogen-bond donors (Lipinski definition) is 2. The third-order valence-electron chi connectivity index (χ3n) is 3.17. The third-order valence-corrected chi connectivity index (χ3v) is 3.17. The number of aromatic carboxylic acids is 1. The van der Waals surface area contributed by atoms with Gasteiger partial charge in [0.1, 0.15) is 11.5 Å². The van der Waals surface area contributed by atoms with Gasteiger partial charge in [-0.05, 0) is 18.2 Å². The van der Waals surface area contributed by atoms with Crippen molar-refractivity contribution < 1.29 is 14.8 Å². The van der Waals surface area contributed by atoms with Crippen molar-refractivity contribution in [2.24, 2.45) is 0 Å². The van der Waals surface area contributed by atoms with Gasteiger partial charge in [-0.25, -0.2) is 9.78 Å². The van der Waals surface area contributed by atoms with Crippen LogP contribution < -0.4 is 5.32 Å². The lowest BCUT2D eigenvalue weighted by Gasteiger charge is -2.09. The molecule has 1 aromatic heterocycles. The molecule has 0 spiro atoms. The molecular weight excluding hydrogens is 300 g/mol. The molecule has 2 N–H and O–H groups in total. The topological polar surface area (TPSA) is 118 Å². The van der Waals surface area contributed by atoms with Crippen molar-refractivity contribution in [2.45, 2.75) is 0 Å². The maximum Gasteiger partial charge on any atom is 0.338 e. The van der Waals surface area contributed by atoms with E-state index in [9.17, 15) is 20.0 Å². The van der Waals surface area contributed by atoms with Crippen LogP contribution in [-0.2, 0) is 0 Å². The number of anilines is 2. The Morgan fingerprint density at radius 1 is 1.13 bits per heavy atom. The van der Waals surface area contributed by atoms with E-state index in [0.29, 0.717) is 11.0 Å². The van der Waals surface area contributed by atoms with E-state index in [2.05, 4.69) is 15.3 Å². The number of rotatable bonds is 4. The van der Waals surface area contributed by atoms with Gasteiger partial charge in [-0.15, -0.1) is 0 Å². The Morgan fingerprint density at radius 3 is 2.57 bits per heavy atom. The monoisotopic (exact) mass is 310 g/mol. The quantitative estimate of drug-likeness (QED) is 0.561. The Kier molecular flexibility index (Phi) is 3.55. The standard InChI is InChI=1S/C15H10N4O4/c20-15(21)9-4-3-7-12(19(22)23)14(9)18-13-8-16-10-5-1-2-6-11(10)17-13/h1-8H,(H,17,18)(H,20,21). The van der Waals surface area contributed by atoms with Crippen molar-refractivity contribution >= 4 is 34.2 Å². The minimum Gasteiger partial charge on any atom is -0.478 e. The maximum absolute atomic E-state index is 11.3. The van der Waals surface area contributed by atoms with Gasteiger partial charge in [0.2, 0.25) is 0 Å². The fourth-order valence-corrected chi connectivity index (χ4v) is 2.15. The predicted molar refractivity (Wildman–Crippen MR) is 82.9 cm³/mol. The van der Waals surface area contributed by atoms with E-state index in [1.807, 2.05) is 6.07 Å². The van der Waals surface area contributed by atoms with Crippen LogP contribution in [0.5, 0.6) is 0 Å². The molecule has 0 aliphatic heterocycles. The molecule has 3 rings (SSSR count). The normalized spacial score (nSPS) is 10.4. The zero-order valence-electron chi connectivity index (χ0n) is 11.6. The Bertz CT molecular complexity index is 894. The van der Waals surface area contributed by atoms with Crippen molar-refractivity contribution in [3.05, 3.63) is 64.3 Å².